The van der Waals surface area contributed by atoms with Crippen molar-refractivity contribution in [2.45, 2.75) is 39.0 Å². The normalized spacial score (nSPS) is 13.0. The molecule has 7 nitrogen and oxygen atoms in total. The Morgan fingerprint density at radius 2 is 2.31 bits per heavy atom. The van der Waals surface area contributed by atoms with Crippen LogP contribution in [-0.2, 0) is 0 Å². The van der Waals surface area contributed by atoms with Gasteiger partial charge in [-0.3, -0.25) is 4.40 Å². The van der Waals surface area contributed by atoms with Crippen LogP contribution >= 0.6 is 11.3 Å². The Morgan fingerprint density at radius 1 is 1.48 bits per heavy atom. The van der Waals surface area contributed by atoms with Gasteiger partial charge in [-0.25, -0.2) is 9.97 Å². The molecule has 3 aromatic rings. The van der Waals surface area contributed by atoms with E-state index < -0.39 is 0 Å². The molecule has 0 bridgehead atoms. The molecule has 0 saturated heterocycles. The first-order valence-corrected chi connectivity index (χ1v) is 10.9. The molecule has 1 atom stereocenters. The third-order valence-corrected chi connectivity index (χ3v) is 5.94. The lowest BCUT2D eigenvalue weighted by Gasteiger charge is -2.10. The molecule has 0 aliphatic heterocycles. The maximum Gasteiger partial charge on any atom is 0.181 e. The van der Waals surface area contributed by atoms with Gasteiger partial charge in [0.15, 0.2) is 11.5 Å². The molecule has 3 rings (SSSR count). The maximum atomic E-state index is 7.63. The van der Waals surface area contributed by atoms with Crippen LogP contribution in [0.2, 0.25) is 0 Å². The highest BCUT2D eigenvalue weighted by Gasteiger charge is 2.19. The molecule has 3 heterocycles. The quantitative estimate of drug-likeness (QED) is 0.384. The van der Waals surface area contributed by atoms with Crippen molar-refractivity contribution in [1.29, 1.82) is 5.41 Å². The number of hydrogen-bond acceptors (Lipinski definition) is 6. The van der Waals surface area contributed by atoms with Gasteiger partial charge in [0, 0.05) is 24.9 Å². The lowest BCUT2D eigenvalue weighted by molar-refractivity contribution is -0.556. The van der Waals surface area contributed by atoms with Crippen LogP contribution < -0.4 is 16.4 Å². The van der Waals surface area contributed by atoms with Crippen molar-refractivity contribution < 1.29 is 5.32 Å². The topological polar surface area (TPSA) is 109 Å². The Bertz CT molecular complexity index is 1000. The largest absolute Gasteiger partial charge is 0.332 e. The van der Waals surface area contributed by atoms with Gasteiger partial charge < -0.3 is 21.8 Å². The zero-order valence-corrected chi connectivity index (χ0v) is 18.1. The summed E-state index contributed by atoms with van der Waals surface area (Å²) in [5.41, 5.74) is 10.7. The van der Waals surface area contributed by atoms with E-state index in [0.717, 1.165) is 41.2 Å². The van der Waals surface area contributed by atoms with E-state index in [4.69, 9.17) is 16.1 Å². The summed E-state index contributed by atoms with van der Waals surface area (Å²) in [7, 11) is 1.92. The number of aromatic nitrogens is 3. The fraction of sp³-hybridized carbons (Fsp3) is 0.381. The number of nitrogens with zero attached hydrogens (tertiary/aromatic N) is 3. The first-order chi connectivity index (χ1) is 14.1. The number of allylic oxidation sites excluding steroid dienone is 1. The standard InChI is InChI=1S/C21H29N7S/c1-4-5-6-15(8-22)17-12-28-18(19-7-14(2)13-29-19)11-25-20(21(28)27-17)26-16(9-23)10-24-3/h7,9-13,15,23-24H,4-6,8,22H2,1-3H3,(H,25,26)/p+1/b16-10+,23-9?. The van der Waals surface area contributed by atoms with E-state index in [-0.39, 0.29) is 5.92 Å². The third kappa shape index (κ3) is 4.72. The lowest BCUT2D eigenvalue weighted by Crippen LogP contribution is -2.73. The van der Waals surface area contributed by atoms with Crippen LogP contribution in [0.1, 0.15) is 43.4 Å². The second-order valence-corrected chi connectivity index (χ2v) is 8.05. The summed E-state index contributed by atoms with van der Waals surface area (Å²) in [5, 5.41) is 14.9. The number of nitrogens with one attached hydrogen (secondary N) is 2. The van der Waals surface area contributed by atoms with E-state index in [1.165, 1.54) is 11.8 Å². The predicted octanol–water partition coefficient (Wildman–Crippen LogP) is 3.09. The predicted molar refractivity (Wildman–Crippen MR) is 121 cm³/mol. The smallest absolute Gasteiger partial charge is 0.181 e. The first-order valence-electron chi connectivity index (χ1n) is 10.0. The molecule has 0 aliphatic carbocycles. The molecule has 0 fully saturated rings. The number of unbranched alkanes of at least 4 members (excludes halogenated alkanes) is 1. The number of rotatable bonds is 10. The summed E-state index contributed by atoms with van der Waals surface area (Å²) < 4.78 is 2.10. The van der Waals surface area contributed by atoms with Gasteiger partial charge in [0.1, 0.15) is 11.9 Å². The molecule has 6 N–H and O–H groups in total. The van der Waals surface area contributed by atoms with Crippen molar-refractivity contribution in [2.24, 2.45) is 5.73 Å². The monoisotopic (exact) mass is 412 g/mol. The number of anilines is 1. The molecule has 0 spiro atoms. The van der Waals surface area contributed by atoms with Crippen molar-refractivity contribution in [3.63, 3.8) is 0 Å². The zero-order chi connectivity index (χ0) is 20.8. The minimum Gasteiger partial charge on any atom is -0.332 e. The SMILES string of the molecule is CCCCC(CN)c1cn2c(-c3cc(C)cs3)cnc(N/C(C=N)=C/[NH2+]C)c2n1. The molecule has 3 aromatic heterocycles. The number of fused-ring (bicyclic) bond motifs is 1. The number of quaternary nitrogens is 1. The van der Waals surface area contributed by atoms with E-state index in [1.807, 2.05) is 24.8 Å². The van der Waals surface area contributed by atoms with Gasteiger partial charge in [0.05, 0.1) is 29.5 Å². The second kappa shape index (κ2) is 9.78. The van der Waals surface area contributed by atoms with Crippen LogP contribution in [-0.4, -0.2) is 34.2 Å². The Balaban J connectivity index is 2.12. The van der Waals surface area contributed by atoms with Gasteiger partial charge >= 0.3 is 0 Å². The van der Waals surface area contributed by atoms with E-state index >= 15 is 0 Å². The van der Waals surface area contributed by atoms with Gasteiger partial charge in [-0.2, -0.15) is 0 Å². The fourth-order valence-electron chi connectivity index (χ4n) is 3.31. The van der Waals surface area contributed by atoms with Gasteiger partial charge in [-0.05, 0) is 30.4 Å². The molecule has 0 aromatic carbocycles. The van der Waals surface area contributed by atoms with Gasteiger partial charge in [0.25, 0.3) is 0 Å². The molecular formula is C21H30N7S+. The molecule has 29 heavy (non-hydrogen) atoms. The average Bonchev–Trinajstić information content (AvgIpc) is 3.35. The van der Waals surface area contributed by atoms with Crippen molar-refractivity contribution in [1.82, 2.24) is 14.4 Å². The molecule has 154 valence electrons. The van der Waals surface area contributed by atoms with Crippen LogP contribution in [0, 0.1) is 12.3 Å². The van der Waals surface area contributed by atoms with Crippen molar-refractivity contribution in [2.75, 3.05) is 18.9 Å². The van der Waals surface area contributed by atoms with Gasteiger partial charge in [0.2, 0.25) is 0 Å². The zero-order valence-electron chi connectivity index (χ0n) is 17.3. The highest BCUT2D eigenvalue weighted by Crippen LogP contribution is 2.31. The summed E-state index contributed by atoms with van der Waals surface area (Å²) in [6.45, 7) is 4.86. The average molecular weight is 413 g/mol. The molecule has 0 saturated carbocycles. The highest BCUT2D eigenvalue weighted by molar-refractivity contribution is 7.13. The summed E-state index contributed by atoms with van der Waals surface area (Å²) in [5.74, 6) is 0.860. The Kier molecular flexibility index (Phi) is 7.13. The lowest BCUT2D eigenvalue weighted by atomic mass is 9.99. The number of imidazole rings is 1. The molecule has 0 radical (unpaired) electrons. The van der Waals surface area contributed by atoms with Crippen LogP contribution in [0.15, 0.2) is 35.7 Å². The van der Waals surface area contributed by atoms with Crippen LogP contribution in [0.4, 0.5) is 5.82 Å². The summed E-state index contributed by atoms with van der Waals surface area (Å²) >= 11 is 1.70. The molecule has 8 heteroatoms. The van der Waals surface area contributed by atoms with E-state index in [1.54, 1.807) is 11.3 Å². The van der Waals surface area contributed by atoms with E-state index in [9.17, 15) is 0 Å². The summed E-state index contributed by atoms with van der Waals surface area (Å²) in [6.07, 6.45) is 10.4. The van der Waals surface area contributed by atoms with Crippen LogP contribution in [0.3, 0.4) is 0 Å². The molecule has 1 unspecified atom stereocenters. The number of hydrogen-bond donors (Lipinski definition) is 4. The Labute approximate surface area is 175 Å². The Hall–Kier alpha value is -2.55. The minimum atomic E-state index is 0.224. The molecule has 0 aliphatic rings. The minimum absolute atomic E-state index is 0.224. The van der Waals surface area contributed by atoms with Crippen LogP contribution in [0.5, 0.6) is 0 Å². The second-order valence-electron chi connectivity index (χ2n) is 7.14. The van der Waals surface area contributed by atoms with Gasteiger partial charge in [-0.1, -0.05) is 19.8 Å². The number of aryl methyl sites for hydroxylation is 1. The van der Waals surface area contributed by atoms with Crippen molar-refractivity contribution in [3.8, 4) is 10.6 Å². The number of thiophene rings is 1. The Morgan fingerprint density at radius 3 is 2.93 bits per heavy atom. The molecular weight excluding hydrogens is 382 g/mol. The maximum absolute atomic E-state index is 7.63. The fourth-order valence-corrected chi connectivity index (χ4v) is 4.21. The molecule has 0 amide bonds. The van der Waals surface area contributed by atoms with E-state index in [2.05, 4.69) is 46.2 Å². The summed E-state index contributed by atoms with van der Waals surface area (Å²) in [4.78, 5) is 10.7. The van der Waals surface area contributed by atoms with Crippen molar-refractivity contribution in [3.05, 3.63) is 47.0 Å². The third-order valence-electron chi connectivity index (χ3n) is 4.87. The highest BCUT2D eigenvalue weighted by atomic mass is 32.1. The number of nitrogens with two attached hydrogens (primary N) is 2. The summed E-state index contributed by atoms with van der Waals surface area (Å²) in [6, 6.07) is 2.17. The van der Waals surface area contributed by atoms with Gasteiger partial charge in [-0.15, -0.1) is 11.3 Å². The van der Waals surface area contributed by atoms with Crippen LogP contribution in [0.25, 0.3) is 16.2 Å². The first kappa shape index (κ1) is 21.2. The van der Waals surface area contributed by atoms with E-state index in [0.29, 0.717) is 18.1 Å². The van der Waals surface area contributed by atoms with Crippen molar-refractivity contribution >= 4 is 29.0 Å².